The Morgan fingerprint density at radius 2 is 1.79 bits per heavy atom. The highest BCUT2D eigenvalue weighted by atomic mass is 35.5. The Labute approximate surface area is 172 Å². The Hall–Kier alpha value is -2.79. The summed E-state index contributed by atoms with van der Waals surface area (Å²) < 4.78 is 32.8. The van der Waals surface area contributed by atoms with Gasteiger partial charge in [-0.2, -0.15) is 5.26 Å². The number of aromatic nitrogens is 1. The lowest BCUT2D eigenvalue weighted by Crippen LogP contribution is -2.13. The van der Waals surface area contributed by atoms with Gasteiger partial charge in [-0.1, -0.05) is 35.3 Å². The number of methoxy groups -OCH3 is 1. The van der Waals surface area contributed by atoms with E-state index in [-0.39, 0.29) is 20.6 Å². The summed E-state index contributed by atoms with van der Waals surface area (Å²) in [5, 5.41) is 9.11. The van der Waals surface area contributed by atoms with Crippen LogP contribution in [0.25, 0.3) is 11.3 Å². The van der Waals surface area contributed by atoms with Gasteiger partial charge in [-0.15, -0.1) is 0 Å². The number of sulfonamides is 1. The first kappa shape index (κ1) is 20.0. The summed E-state index contributed by atoms with van der Waals surface area (Å²) in [5.74, 6) is 0.379. The zero-order valence-corrected chi connectivity index (χ0v) is 16.8. The summed E-state index contributed by atoms with van der Waals surface area (Å²) in [7, 11) is -2.46. The van der Waals surface area contributed by atoms with E-state index < -0.39 is 10.0 Å². The number of nitrogens with one attached hydrogen (secondary N) is 1. The second-order valence-electron chi connectivity index (χ2n) is 5.63. The van der Waals surface area contributed by atoms with Crippen LogP contribution in [-0.2, 0) is 10.0 Å². The predicted molar refractivity (Wildman–Crippen MR) is 108 cm³/mol. The molecule has 0 saturated carbocycles. The van der Waals surface area contributed by atoms with Crippen molar-refractivity contribution in [2.45, 2.75) is 4.90 Å². The monoisotopic (exact) mass is 433 g/mol. The molecule has 6 nitrogen and oxygen atoms in total. The Balaban J connectivity index is 1.86. The van der Waals surface area contributed by atoms with Crippen LogP contribution in [0.2, 0.25) is 10.2 Å². The molecule has 0 fully saturated rings. The second kappa shape index (κ2) is 8.07. The summed E-state index contributed by atoms with van der Waals surface area (Å²) in [6, 6.07) is 16.1. The fourth-order valence-corrected chi connectivity index (χ4v) is 4.19. The van der Waals surface area contributed by atoms with E-state index in [1.807, 2.05) is 6.07 Å². The lowest BCUT2D eigenvalue weighted by molar-refractivity contribution is 0.413. The molecule has 0 radical (unpaired) electrons. The number of ether oxygens (including phenoxy) is 1. The van der Waals surface area contributed by atoms with E-state index in [1.165, 1.54) is 19.2 Å². The number of nitrogens with zero attached hydrogens (tertiary/aromatic N) is 2. The highest BCUT2D eigenvalue weighted by Gasteiger charge is 2.19. The maximum absolute atomic E-state index is 12.6. The average Bonchev–Trinajstić information content (AvgIpc) is 2.68. The van der Waals surface area contributed by atoms with E-state index in [0.717, 1.165) is 0 Å². The highest BCUT2D eigenvalue weighted by Crippen LogP contribution is 2.29. The summed E-state index contributed by atoms with van der Waals surface area (Å²) >= 11 is 12.0. The Morgan fingerprint density at radius 3 is 2.39 bits per heavy atom. The summed E-state index contributed by atoms with van der Waals surface area (Å²) in [6.45, 7) is 0. The molecule has 2 aromatic carbocycles. The fraction of sp³-hybridized carbons (Fsp3) is 0.0526. The molecule has 1 heterocycles. The van der Waals surface area contributed by atoms with Crippen molar-refractivity contribution in [3.05, 3.63) is 70.3 Å². The summed E-state index contributed by atoms with van der Waals surface area (Å²) in [5.41, 5.74) is 1.91. The zero-order valence-electron chi connectivity index (χ0n) is 14.5. The maximum Gasteiger partial charge on any atom is 0.263 e. The van der Waals surface area contributed by atoms with Crippen molar-refractivity contribution >= 4 is 38.9 Å². The van der Waals surface area contributed by atoms with E-state index >= 15 is 0 Å². The second-order valence-corrected chi connectivity index (χ2v) is 8.04. The molecule has 0 aliphatic heterocycles. The molecule has 0 spiro atoms. The van der Waals surface area contributed by atoms with Gasteiger partial charge in [0, 0.05) is 17.3 Å². The van der Waals surface area contributed by atoms with Crippen molar-refractivity contribution in [1.82, 2.24) is 4.98 Å². The number of benzene rings is 2. The normalized spacial score (nSPS) is 10.9. The highest BCUT2D eigenvalue weighted by molar-refractivity contribution is 7.92. The molecule has 0 amide bonds. The molecule has 0 unspecified atom stereocenters. The Morgan fingerprint density at radius 1 is 1.07 bits per heavy atom. The van der Waals surface area contributed by atoms with Gasteiger partial charge >= 0.3 is 0 Å². The average molecular weight is 434 g/mol. The third-order valence-electron chi connectivity index (χ3n) is 3.83. The van der Waals surface area contributed by atoms with Crippen molar-refractivity contribution < 1.29 is 13.2 Å². The molecule has 0 bridgehead atoms. The Kier molecular flexibility index (Phi) is 5.75. The summed E-state index contributed by atoms with van der Waals surface area (Å²) in [4.78, 5) is 4.08. The minimum Gasteiger partial charge on any atom is -0.497 e. The molecule has 9 heteroatoms. The molecule has 3 aromatic rings. The third-order valence-corrected chi connectivity index (χ3v) is 5.98. The van der Waals surface area contributed by atoms with Crippen molar-refractivity contribution in [3.63, 3.8) is 0 Å². The third kappa shape index (κ3) is 4.20. The van der Waals surface area contributed by atoms with Gasteiger partial charge in [0.15, 0.2) is 0 Å². The first-order chi connectivity index (χ1) is 13.3. The number of rotatable bonds is 5. The van der Waals surface area contributed by atoms with Crippen LogP contribution in [0, 0.1) is 11.3 Å². The van der Waals surface area contributed by atoms with Gasteiger partial charge < -0.3 is 4.74 Å². The zero-order chi connectivity index (χ0) is 20.3. The van der Waals surface area contributed by atoms with Crippen LogP contribution >= 0.6 is 23.2 Å². The maximum atomic E-state index is 12.6. The first-order valence-electron chi connectivity index (χ1n) is 7.87. The molecule has 142 valence electrons. The van der Waals surface area contributed by atoms with Crippen LogP contribution in [0.1, 0.15) is 5.56 Å². The van der Waals surface area contributed by atoms with Crippen LogP contribution in [0.5, 0.6) is 5.75 Å². The topological polar surface area (TPSA) is 92.1 Å². The summed E-state index contributed by atoms with van der Waals surface area (Å²) in [6.07, 6.45) is 0. The molecule has 0 aliphatic carbocycles. The van der Waals surface area contributed by atoms with Crippen LogP contribution in [0.4, 0.5) is 5.69 Å². The molecule has 0 atom stereocenters. The minimum absolute atomic E-state index is 0.0846. The number of hydrogen-bond donors (Lipinski definition) is 1. The van der Waals surface area contributed by atoms with Crippen molar-refractivity contribution in [1.29, 1.82) is 5.26 Å². The van der Waals surface area contributed by atoms with Gasteiger partial charge in [0.25, 0.3) is 10.0 Å². The van der Waals surface area contributed by atoms with Gasteiger partial charge in [-0.25, -0.2) is 13.4 Å². The molecule has 3 rings (SSSR count). The number of anilines is 1. The molecular weight excluding hydrogens is 421 g/mol. The van der Waals surface area contributed by atoms with Crippen molar-refractivity contribution in [2.75, 3.05) is 11.8 Å². The van der Waals surface area contributed by atoms with E-state index in [0.29, 0.717) is 22.7 Å². The van der Waals surface area contributed by atoms with Gasteiger partial charge in [-0.05, 0) is 36.4 Å². The van der Waals surface area contributed by atoms with Crippen LogP contribution < -0.4 is 9.46 Å². The lowest BCUT2D eigenvalue weighted by atomic mass is 10.1. The van der Waals surface area contributed by atoms with Crippen molar-refractivity contribution in [3.8, 4) is 23.1 Å². The fourth-order valence-electron chi connectivity index (χ4n) is 2.41. The first-order valence-corrected chi connectivity index (χ1v) is 10.1. The predicted octanol–water partition coefficient (Wildman–Crippen LogP) is 4.74. The molecule has 0 aliphatic rings. The Bertz CT molecular complexity index is 1170. The van der Waals surface area contributed by atoms with Crippen LogP contribution in [0.15, 0.2) is 59.5 Å². The van der Waals surface area contributed by atoms with Crippen LogP contribution in [0.3, 0.4) is 0 Å². The smallest absolute Gasteiger partial charge is 0.263 e. The van der Waals surface area contributed by atoms with E-state index in [1.54, 1.807) is 42.5 Å². The number of halogens is 2. The SMILES string of the molecule is COc1ccc(Cl)c(S(=O)(=O)Nc2ccc(-c3ccc(C#N)c(Cl)n3)cc2)c1. The lowest BCUT2D eigenvalue weighted by Gasteiger charge is -2.11. The minimum atomic E-state index is -3.90. The molecular formula is C19H13Cl2N3O3S. The number of hydrogen-bond acceptors (Lipinski definition) is 5. The van der Waals surface area contributed by atoms with E-state index in [4.69, 9.17) is 33.2 Å². The van der Waals surface area contributed by atoms with Gasteiger partial charge in [0.1, 0.15) is 21.9 Å². The molecule has 1 N–H and O–H groups in total. The quantitative estimate of drug-likeness (QED) is 0.586. The van der Waals surface area contributed by atoms with Gasteiger partial charge in [-0.3, -0.25) is 4.72 Å². The van der Waals surface area contributed by atoms with E-state index in [9.17, 15) is 8.42 Å². The van der Waals surface area contributed by atoms with E-state index in [2.05, 4.69) is 9.71 Å². The standard InChI is InChI=1S/C19H13Cl2N3O3S/c1-27-15-7-8-16(20)18(10-15)28(25,26)24-14-5-2-12(3-6-14)17-9-4-13(11-22)19(21)23-17/h2-10,24H,1H3. The van der Waals surface area contributed by atoms with Gasteiger partial charge in [0.2, 0.25) is 0 Å². The number of pyridine rings is 1. The van der Waals surface area contributed by atoms with Crippen LogP contribution in [-0.4, -0.2) is 20.5 Å². The van der Waals surface area contributed by atoms with Crippen molar-refractivity contribution in [2.24, 2.45) is 0 Å². The largest absolute Gasteiger partial charge is 0.497 e. The molecule has 0 saturated heterocycles. The molecule has 1 aromatic heterocycles. The molecule has 28 heavy (non-hydrogen) atoms. The van der Waals surface area contributed by atoms with Gasteiger partial charge in [0.05, 0.1) is 23.4 Å². The number of nitriles is 1.